The molecule has 1 heterocycles. The van der Waals surface area contributed by atoms with Gasteiger partial charge in [-0.05, 0) is 18.4 Å². The molecule has 0 saturated carbocycles. The third kappa shape index (κ3) is 7.57. The third-order valence-corrected chi connectivity index (χ3v) is 5.88. The van der Waals surface area contributed by atoms with Crippen LogP contribution in [-0.2, 0) is 14.2 Å². The van der Waals surface area contributed by atoms with Crippen LogP contribution in [0.3, 0.4) is 0 Å². The van der Waals surface area contributed by atoms with E-state index in [-0.39, 0.29) is 17.9 Å². The van der Waals surface area contributed by atoms with Crippen LogP contribution in [-0.4, -0.2) is 64.9 Å². The standard InChI is InChI=1S/C15H34BNO4Si/c1-6-13-9-17(21-16-2)10-14(15(13)18)11-20-12-19-7-8-22(3,4)5/h13-16,18H,6-12H2,1-5H3. The minimum Gasteiger partial charge on any atom is -0.392 e. The molecule has 1 aliphatic rings. The van der Waals surface area contributed by atoms with Crippen molar-refractivity contribution in [3.63, 3.8) is 0 Å². The van der Waals surface area contributed by atoms with Crippen molar-refractivity contribution in [1.29, 1.82) is 0 Å². The van der Waals surface area contributed by atoms with E-state index in [1.54, 1.807) is 0 Å². The Bertz CT molecular complexity index is 304. The van der Waals surface area contributed by atoms with Crippen LogP contribution in [0.4, 0.5) is 0 Å². The minimum atomic E-state index is -1.04. The lowest BCUT2D eigenvalue weighted by atomic mass is 9.85. The Morgan fingerprint density at radius 3 is 2.45 bits per heavy atom. The molecular formula is C15H34BNO4Si. The predicted octanol–water partition coefficient (Wildman–Crippen LogP) is 1.97. The predicted molar refractivity (Wildman–Crippen MR) is 93.9 cm³/mol. The van der Waals surface area contributed by atoms with Gasteiger partial charge in [-0.25, -0.2) is 5.06 Å². The van der Waals surface area contributed by atoms with E-state index in [1.165, 1.54) is 0 Å². The summed E-state index contributed by atoms with van der Waals surface area (Å²) in [6, 6.07) is 1.15. The van der Waals surface area contributed by atoms with Crippen LogP contribution < -0.4 is 0 Å². The highest BCUT2D eigenvalue weighted by molar-refractivity contribution is 6.76. The summed E-state index contributed by atoms with van der Waals surface area (Å²) in [6.45, 7) is 14.2. The zero-order chi connectivity index (χ0) is 16.6. The molecule has 130 valence electrons. The largest absolute Gasteiger partial charge is 0.392 e. The molecule has 5 nitrogen and oxygen atoms in total. The Morgan fingerprint density at radius 2 is 1.86 bits per heavy atom. The highest BCUT2D eigenvalue weighted by Gasteiger charge is 2.35. The SMILES string of the molecule is CBON1CC(CC)C(O)C(COCOCC[Si](C)(C)C)C1. The molecule has 1 aliphatic heterocycles. The van der Waals surface area contributed by atoms with E-state index >= 15 is 0 Å². The molecule has 1 saturated heterocycles. The van der Waals surface area contributed by atoms with Crippen molar-refractivity contribution in [2.45, 2.75) is 52.0 Å². The van der Waals surface area contributed by atoms with E-state index in [0.29, 0.717) is 20.9 Å². The monoisotopic (exact) mass is 331 g/mol. The molecule has 0 amide bonds. The Morgan fingerprint density at radius 1 is 1.18 bits per heavy atom. The highest BCUT2D eigenvalue weighted by Crippen LogP contribution is 2.25. The van der Waals surface area contributed by atoms with Crippen LogP contribution in [0.5, 0.6) is 0 Å². The van der Waals surface area contributed by atoms with Gasteiger partial charge in [-0.2, -0.15) is 0 Å². The molecule has 0 radical (unpaired) electrons. The maximum Gasteiger partial charge on any atom is 0.301 e. The molecule has 0 bridgehead atoms. The van der Waals surface area contributed by atoms with Crippen LogP contribution >= 0.6 is 0 Å². The molecule has 1 N–H and O–H groups in total. The number of hydrogen-bond donors (Lipinski definition) is 1. The fraction of sp³-hybridized carbons (Fsp3) is 1.00. The number of piperidine rings is 1. The summed E-state index contributed by atoms with van der Waals surface area (Å²) in [5.41, 5.74) is 0. The van der Waals surface area contributed by atoms with Crippen molar-refractivity contribution in [2.24, 2.45) is 11.8 Å². The normalized spacial score (nSPS) is 27.1. The van der Waals surface area contributed by atoms with Gasteiger partial charge in [0.1, 0.15) is 6.79 Å². The van der Waals surface area contributed by atoms with Crippen molar-refractivity contribution in [1.82, 2.24) is 5.06 Å². The average molecular weight is 331 g/mol. The molecule has 3 unspecified atom stereocenters. The number of aliphatic hydroxyl groups excluding tert-OH is 1. The van der Waals surface area contributed by atoms with Gasteiger partial charge < -0.3 is 19.3 Å². The van der Waals surface area contributed by atoms with Crippen molar-refractivity contribution in [3.05, 3.63) is 0 Å². The van der Waals surface area contributed by atoms with Crippen LogP contribution in [0, 0.1) is 11.8 Å². The van der Waals surface area contributed by atoms with E-state index in [1.807, 2.05) is 11.9 Å². The molecule has 0 aliphatic carbocycles. The summed E-state index contributed by atoms with van der Waals surface area (Å²) in [5.74, 6) is 0.340. The van der Waals surface area contributed by atoms with Gasteiger partial charge in [0, 0.05) is 33.7 Å². The van der Waals surface area contributed by atoms with Gasteiger partial charge in [-0.1, -0.05) is 33.4 Å². The molecule has 1 rings (SSSR count). The fourth-order valence-electron chi connectivity index (χ4n) is 2.70. The van der Waals surface area contributed by atoms with E-state index in [9.17, 15) is 5.11 Å². The fourth-order valence-corrected chi connectivity index (χ4v) is 3.46. The Labute approximate surface area is 137 Å². The first-order chi connectivity index (χ1) is 10.4. The van der Waals surface area contributed by atoms with Gasteiger partial charge >= 0.3 is 7.48 Å². The van der Waals surface area contributed by atoms with Crippen LogP contribution in [0.25, 0.3) is 0 Å². The van der Waals surface area contributed by atoms with E-state index < -0.39 is 8.07 Å². The summed E-state index contributed by atoms with van der Waals surface area (Å²) >= 11 is 0. The second-order valence-corrected chi connectivity index (χ2v) is 13.0. The number of hydrogen-bond acceptors (Lipinski definition) is 5. The van der Waals surface area contributed by atoms with Crippen LogP contribution in [0.1, 0.15) is 13.3 Å². The second kappa shape index (κ2) is 10.1. The molecule has 0 spiro atoms. The second-order valence-electron chi connectivity index (χ2n) is 7.39. The molecule has 0 aromatic carbocycles. The summed E-state index contributed by atoms with van der Waals surface area (Å²) in [5, 5.41) is 12.4. The summed E-state index contributed by atoms with van der Waals surface area (Å²) < 4.78 is 16.8. The summed E-state index contributed by atoms with van der Waals surface area (Å²) in [7, 11) is -0.370. The Hall–Kier alpha value is 0.0818. The van der Waals surface area contributed by atoms with Crippen molar-refractivity contribution in [2.75, 3.05) is 33.1 Å². The van der Waals surface area contributed by atoms with Gasteiger partial charge in [-0.3, -0.25) is 0 Å². The van der Waals surface area contributed by atoms with Gasteiger partial charge in [0.2, 0.25) is 0 Å². The third-order valence-electron chi connectivity index (χ3n) is 4.17. The van der Waals surface area contributed by atoms with Gasteiger partial charge in [0.05, 0.1) is 12.7 Å². The smallest absolute Gasteiger partial charge is 0.301 e. The number of hydroxylamine groups is 2. The molecule has 0 aromatic heterocycles. The highest BCUT2D eigenvalue weighted by atomic mass is 28.3. The van der Waals surface area contributed by atoms with E-state index in [4.69, 9.17) is 14.2 Å². The van der Waals surface area contributed by atoms with Crippen LogP contribution in [0.15, 0.2) is 0 Å². The number of aliphatic hydroxyl groups is 1. The number of ether oxygens (including phenoxy) is 2. The quantitative estimate of drug-likeness (QED) is 0.377. The molecule has 3 atom stereocenters. The van der Waals surface area contributed by atoms with Crippen molar-refractivity contribution >= 4 is 15.6 Å². The zero-order valence-electron chi connectivity index (χ0n) is 15.0. The summed E-state index contributed by atoms with van der Waals surface area (Å²) in [4.78, 5) is 0. The lowest BCUT2D eigenvalue weighted by molar-refractivity contribution is -0.163. The number of rotatable bonds is 10. The van der Waals surface area contributed by atoms with E-state index in [2.05, 4.69) is 26.6 Å². The zero-order valence-corrected chi connectivity index (χ0v) is 16.0. The first-order valence-corrected chi connectivity index (χ1v) is 12.3. The summed E-state index contributed by atoms with van der Waals surface area (Å²) in [6.07, 6.45) is 0.636. The molecule has 22 heavy (non-hydrogen) atoms. The van der Waals surface area contributed by atoms with Gasteiger partial charge in [-0.15, -0.1) is 0 Å². The lowest BCUT2D eigenvalue weighted by Crippen LogP contribution is -2.50. The minimum absolute atomic E-state index is 0.0887. The Balaban J connectivity index is 2.27. The maximum absolute atomic E-state index is 10.4. The average Bonchev–Trinajstić information content (AvgIpc) is 2.44. The van der Waals surface area contributed by atoms with Crippen LogP contribution in [0.2, 0.25) is 32.5 Å². The topological polar surface area (TPSA) is 51.2 Å². The molecule has 1 fully saturated rings. The first kappa shape index (κ1) is 20.1. The molecule has 0 aromatic rings. The van der Waals surface area contributed by atoms with Crippen molar-refractivity contribution < 1.29 is 19.3 Å². The Kier molecular flexibility index (Phi) is 9.20. The van der Waals surface area contributed by atoms with Crippen molar-refractivity contribution in [3.8, 4) is 0 Å². The maximum atomic E-state index is 10.4. The lowest BCUT2D eigenvalue weighted by Gasteiger charge is -2.40. The molecular weight excluding hydrogens is 297 g/mol. The molecule has 7 heteroatoms. The van der Waals surface area contributed by atoms with E-state index in [0.717, 1.165) is 32.2 Å². The van der Waals surface area contributed by atoms with Gasteiger partial charge in [0.25, 0.3) is 0 Å². The number of nitrogens with zero attached hydrogens (tertiary/aromatic N) is 1. The first-order valence-electron chi connectivity index (χ1n) is 8.58. The van der Waals surface area contributed by atoms with Gasteiger partial charge in [0.15, 0.2) is 0 Å².